The number of benzene rings is 3. The Morgan fingerprint density at radius 1 is 0.943 bits per heavy atom. The van der Waals surface area contributed by atoms with E-state index in [1.807, 2.05) is 65.4 Å². The second-order valence-electron chi connectivity index (χ2n) is 9.04. The van der Waals surface area contributed by atoms with Gasteiger partial charge >= 0.3 is 0 Å². The molecule has 0 fully saturated rings. The second kappa shape index (κ2) is 9.97. The van der Waals surface area contributed by atoms with Gasteiger partial charge in [-0.3, -0.25) is 0 Å². The van der Waals surface area contributed by atoms with E-state index >= 15 is 0 Å². The average Bonchev–Trinajstić information content (AvgIpc) is 3.29. The molecular weight excluding hydrogens is 480 g/mol. The van der Waals surface area contributed by atoms with Crippen molar-refractivity contribution in [3.8, 4) is 16.8 Å². The van der Waals surface area contributed by atoms with Crippen molar-refractivity contribution in [1.29, 1.82) is 0 Å². The molecule has 0 radical (unpaired) electrons. The molecule has 0 atom stereocenters. The first-order valence-corrected chi connectivity index (χ1v) is 13.6. The van der Waals surface area contributed by atoms with E-state index < -0.39 is 15.4 Å². The van der Waals surface area contributed by atoms with Crippen molar-refractivity contribution in [2.75, 3.05) is 5.75 Å². The summed E-state index contributed by atoms with van der Waals surface area (Å²) in [5, 5.41) is 11.3. The van der Waals surface area contributed by atoms with Gasteiger partial charge in [0.15, 0.2) is 9.84 Å². The van der Waals surface area contributed by atoms with Crippen molar-refractivity contribution in [2.45, 2.75) is 44.1 Å². The molecule has 0 amide bonds. The fourth-order valence-electron chi connectivity index (χ4n) is 3.91. The zero-order chi connectivity index (χ0) is 25.2. The van der Waals surface area contributed by atoms with Crippen LogP contribution in [0, 0.1) is 0 Å². The largest absolute Gasteiger partial charge is 0.384 e. The predicted molar refractivity (Wildman–Crippen MR) is 141 cm³/mol. The van der Waals surface area contributed by atoms with Gasteiger partial charge < -0.3 is 9.67 Å². The van der Waals surface area contributed by atoms with Crippen LogP contribution in [-0.4, -0.2) is 28.8 Å². The van der Waals surface area contributed by atoms with Gasteiger partial charge in [-0.05, 0) is 67.3 Å². The Kier molecular flexibility index (Phi) is 7.17. The third kappa shape index (κ3) is 5.67. The number of aromatic nitrogens is 2. The summed E-state index contributed by atoms with van der Waals surface area (Å²) >= 11 is 6.34. The predicted octanol–water partition coefficient (Wildman–Crippen LogP) is 6.00. The standard InChI is InChI=1S/C28H29ClN2O3S/c1-4-35(33,34)24-10-7-9-22(18-24)20-12-15-23(16-13-20)31-19-26(28(2,3)32)30-27(31)17-14-21-8-5-6-11-25(21)29/h5-13,15-16,18-19,32H,4,14,17H2,1-3H3. The molecule has 1 heterocycles. The molecule has 0 aliphatic carbocycles. The highest BCUT2D eigenvalue weighted by molar-refractivity contribution is 7.91. The molecule has 182 valence electrons. The number of rotatable bonds is 8. The first-order valence-electron chi connectivity index (χ1n) is 11.6. The number of imidazole rings is 1. The molecule has 3 aromatic carbocycles. The lowest BCUT2D eigenvalue weighted by atomic mass is 10.1. The van der Waals surface area contributed by atoms with Crippen LogP contribution in [0.4, 0.5) is 0 Å². The van der Waals surface area contributed by atoms with E-state index in [-0.39, 0.29) is 5.75 Å². The highest BCUT2D eigenvalue weighted by Crippen LogP contribution is 2.27. The van der Waals surface area contributed by atoms with Crippen molar-refractivity contribution < 1.29 is 13.5 Å². The van der Waals surface area contributed by atoms with Crippen LogP contribution in [0.25, 0.3) is 16.8 Å². The van der Waals surface area contributed by atoms with Crippen molar-refractivity contribution >= 4 is 21.4 Å². The normalized spacial score (nSPS) is 12.1. The summed E-state index contributed by atoms with van der Waals surface area (Å²) in [5.41, 5.74) is 3.23. The first kappa shape index (κ1) is 25.2. The summed E-state index contributed by atoms with van der Waals surface area (Å²) in [6, 6.07) is 22.7. The van der Waals surface area contributed by atoms with Crippen LogP contribution in [0.5, 0.6) is 0 Å². The molecule has 5 nitrogen and oxygen atoms in total. The zero-order valence-electron chi connectivity index (χ0n) is 20.1. The second-order valence-corrected chi connectivity index (χ2v) is 11.7. The van der Waals surface area contributed by atoms with Gasteiger partial charge in [0.05, 0.1) is 16.3 Å². The third-order valence-corrected chi connectivity index (χ3v) is 8.13. The molecule has 1 aromatic heterocycles. The topological polar surface area (TPSA) is 72.2 Å². The van der Waals surface area contributed by atoms with E-state index in [9.17, 15) is 13.5 Å². The summed E-state index contributed by atoms with van der Waals surface area (Å²) < 4.78 is 26.6. The van der Waals surface area contributed by atoms with Crippen molar-refractivity contribution in [3.63, 3.8) is 0 Å². The van der Waals surface area contributed by atoms with Crippen molar-refractivity contribution in [2.24, 2.45) is 0 Å². The minimum atomic E-state index is -3.27. The Morgan fingerprint density at radius 3 is 2.31 bits per heavy atom. The van der Waals surface area contributed by atoms with Gasteiger partial charge in [0.1, 0.15) is 11.4 Å². The molecule has 0 unspecified atom stereocenters. The van der Waals surface area contributed by atoms with E-state index in [0.29, 0.717) is 17.0 Å². The molecule has 4 rings (SSSR count). The Bertz CT molecular complexity index is 1440. The number of hydrogen-bond acceptors (Lipinski definition) is 4. The van der Waals surface area contributed by atoms with Gasteiger partial charge in [-0.1, -0.05) is 61.0 Å². The molecule has 0 saturated carbocycles. The van der Waals surface area contributed by atoms with Gasteiger partial charge in [-0.2, -0.15) is 0 Å². The molecule has 0 aliphatic rings. The SMILES string of the molecule is CCS(=O)(=O)c1cccc(-c2ccc(-n3cc(C(C)(C)O)nc3CCc3ccccc3Cl)cc2)c1. The van der Waals surface area contributed by atoms with Crippen molar-refractivity contribution in [1.82, 2.24) is 9.55 Å². The molecule has 7 heteroatoms. The molecule has 1 N–H and O–H groups in total. The Hall–Kier alpha value is -2.93. The van der Waals surface area contributed by atoms with Gasteiger partial charge in [0.2, 0.25) is 0 Å². The van der Waals surface area contributed by atoms with Crippen LogP contribution < -0.4 is 0 Å². The quantitative estimate of drug-likeness (QED) is 0.317. The van der Waals surface area contributed by atoms with E-state index in [4.69, 9.17) is 16.6 Å². The minimum absolute atomic E-state index is 0.0660. The molecule has 0 saturated heterocycles. The molecule has 0 bridgehead atoms. The summed E-state index contributed by atoms with van der Waals surface area (Å²) in [4.78, 5) is 5.06. The van der Waals surface area contributed by atoms with Crippen LogP contribution >= 0.6 is 11.6 Å². The van der Waals surface area contributed by atoms with Crippen LogP contribution in [0.1, 0.15) is 37.9 Å². The van der Waals surface area contributed by atoms with Gasteiger partial charge in [0, 0.05) is 23.3 Å². The lowest BCUT2D eigenvalue weighted by Gasteiger charge is -2.13. The summed E-state index contributed by atoms with van der Waals surface area (Å²) in [6.45, 7) is 5.09. The molecular formula is C28H29ClN2O3S. The Labute approximate surface area is 212 Å². The Morgan fingerprint density at radius 2 is 1.66 bits per heavy atom. The number of nitrogens with zero attached hydrogens (tertiary/aromatic N) is 2. The lowest BCUT2D eigenvalue weighted by Crippen LogP contribution is -2.16. The highest BCUT2D eigenvalue weighted by atomic mass is 35.5. The summed E-state index contributed by atoms with van der Waals surface area (Å²) in [5.74, 6) is 0.891. The molecule has 0 spiro atoms. The van der Waals surface area contributed by atoms with E-state index in [1.54, 1.807) is 39.0 Å². The smallest absolute Gasteiger partial charge is 0.178 e. The van der Waals surface area contributed by atoms with Crippen LogP contribution in [-0.2, 0) is 28.3 Å². The molecule has 0 aliphatic heterocycles. The number of aryl methyl sites for hydroxylation is 2. The van der Waals surface area contributed by atoms with Crippen LogP contribution in [0.2, 0.25) is 5.02 Å². The third-order valence-electron chi connectivity index (χ3n) is 6.03. The number of hydrogen-bond donors (Lipinski definition) is 1. The van der Waals surface area contributed by atoms with E-state index in [0.717, 1.165) is 39.6 Å². The highest BCUT2D eigenvalue weighted by Gasteiger charge is 2.22. The fraction of sp³-hybridized carbons (Fsp3) is 0.250. The minimum Gasteiger partial charge on any atom is -0.384 e. The van der Waals surface area contributed by atoms with Gasteiger partial charge in [0.25, 0.3) is 0 Å². The van der Waals surface area contributed by atoms with Gasteiger partial charge in [-0.25, -0.2) is 13.4 Å². The zero-order valence-corrected chi connectivity index (χ0v) is 21.6. The summed E-state index contributed by atoms with van der Waals surface area (Å²) in [7, 11) is -3.27. The maximum atomic E-state index is 12.3. The lowest BCUT2D eigenvalue weighted by molar-refractivity contribution is 0.0741. The van der Waals surface area contributed by atoms with E-state index in [1.165, 1.54) is 0 Å². The fourth-order valence-corrected chi connectivity index (χ4v) is 5.07. The number of sulfone groups is 1. The Balaban J connectivity index is 1.66. The van der Waals surface area contributed by atoms with E-state index in [2.05, 4.69) is 0 Å². The summed E-state index contributed by atoms with van der Waals surface area (Å²) in [6.07, 6.45) is 3.24. The average molecular weight is 509 g/mol. The monoisotopic (exact) mass is 508 g/mol. The van der Waals surface area contributed by atoms with Crippen LogP contribution in [0.15, 0.2) is 83.9 Å². The first-order chi connectivity index (χ1) is 16.6. The number of halogens is 1. The molecule has 35 heavy (non-hydrogen) atoms. The van der Waals surface area contributed by atoms with Gasteiger partial charge in [-0.15, -0.1) is 0 Å². The van der Waals surface area contributed by atoms with Crippen LogP contribution in [0.3, 0.4) is 0 Å². The number of aliphatic hydroxyl groups is 1. The maximum Gasteiger partial charge on any atom is 0.178 e. The molecule has 4 aromatic rings. The van der Waals surface area contributed by atoms with Crippen molar-refractivity contribution in [3.05, 3.63) is 101 Å². The maximum absolute atomic E-state index is 12.3.